The molecule has 0 bridgehead atoms. The molecule has 3 rings (SSSR count). The molecule has 146 valence electrons. The summed E-state index contributed by atoms with van der Waals surface area (Å²) in [7, 11) is -5.04. The molecule has 3 aliphatic rings. The third-order valence-electron chi connectivity index (χ3n) is 4.49. The average molecular weight is 395 g/mol. The highest BCUT2D eigenvalue weighted by Gasteiger charge is 2.74. The number of carbonyl (C=O) groups excluding carboxylic acids is 1. The molecule has 1 unspecified atom stereocenters. The molecule has 0 amide bonds. The Labute approximate surface area is 146 Å². The van der Waals surface area contributed by atoms with E-state index in [4.69, 9.17) is 21.9 Å². The van der Waals surface area contributed by atoms with Gasteiger partial charge in [0.1, 0.15) is 6.04 Å². The van der Waals surface area contributed by atoms with E-state index in [0.717, 1.165) is 4.90 Å². The van der Waals surface area contributed by atoms with Gasteiger partial charge in [-0.1, -0.05) is 0 Å². The molecular formula is C10H17N7O8S. The number of nitrogens with zero attached hydrogens (tertiary/aromatic N) is 3. The summed E-state index contributed by atoms with van der Waals surface area (Å²) in [5, 5.41) is 23.9. The van der Waals surface area contributed by atoms with Gasteiger partial charge in [0.05, 0.1) is 19.0 Å². The summed E-state index contributed by atoms with van der Waals surface area (Å²) in [5.74, 6) is 0.451. The summed E-state index contributed by atoms with van der Waals surface area (Å²) in [6.07, 6.45) is -2.29. The Balaban J connectivity index is 2.07. The number of aliphatic imine (C=N–C) groups is 2. The van der Waals surface area contributed by atoms with Gasteiger partial charge in [0.25, 0.3) is 0 Å². The Morgan fingerprint density at radius 1 is 1.38 bits per heavy atom. The Bertz CT molecular complexity index is 797. The van der Waals surface area contributed by atoms with Crippen LogP contribution in [-0.2, 0) is 24.2 Å². The van der Waals surface area contributed by atoms with Crippen molar-refractivity contribution in [2.75, 3.05) is 6.54 Å². The van der Waals surface area contributed by atoms with Gasteiger partial charge in [-0.05, 0) is 0 Å². The molecule has 0 aromatic heterocycles. The van der Waals surface area contributed by atoms with E-state index in [0.29, 0.717) is 0 Å². The van der Waals surface area contributed by atoms with Crippen LogP contribution in [0.3, 0.4) is 0 Å². The van der Waals surface area contributed by atoms with E-state index in [-0.39, 0.29) is 11.9 Å². The van der Waals surface area contributed by atoms with Crippen LogP contribution in [-0.4, -0.2) is 82.2 Å². The zero-order chi connectivity index (χ0) is 19.5. The van der Waals surface area contributed by atoms with Crippen LogP contribution in [0.25, 0.3) is 0 Å². The van der Waals surface area contributed by atoms with Gasteiger partial charge in [0.15, 0.2) is 23.7 Å². The van der Waals surface area contributed by atoms with Crippen molar-refractivity contribution in [2.24, 2.45) is 27.3 Å². The van der Waals surface area contributed by atoms with E-state index in [9.17, 15) is 23.4 Å². The number of nitrogens with two attached hydrogens (primary N) is 3. The normalized spacial score (nSPS) is 35.1. The van der Waals surface area contributed by atoms with Crippen molar-refractivity contribution >= 4 is 28.3 Å². The first-order valence-corrected chi connectivity index (χ1v) is 8.51. The minimum atomic E-state index is -5.04. The maximum atomic E-state index is 11.5. The number of hydrogen-bond donors (Lipinski definition) is 7. The molecule has 3 heterocycles. The van der Waals surface area contributed by atoms with Crippen molar-refractivity contribution in [1.82, 2.24) is 10.2 Å². The van der Waals surface area contributed by atoms with Crippen LogP contribution < -0.4 is 22.7 Å². The lowest BCUT2D eigenvalue weighted by Gasteiger charge is -2.48. The van der Waals surface area contributed by atoms with Gasteiger partial charge in [0.2, 0.25) is 5.79 Å². The molecular weight excluding hydrogens is 378 g/mol. The van der Waals surface area contributed by atoms with E-state index in [1.165, 1.54) is 0 Å². The van der Waals surface area contributed by atoms with Crippen LogP contribution in [0.1, 0.15) is 6.42 Å². The Morgan fingerprint density at radius 2 is 2.04 bits per heavy atom. The fourth-order valence-corrected chi connectivity index (χ4v) is 4.02. The van der Waals surface area contributed by atoms with Gasteiger partial charge in [-0.3, -0.25) is 9.35 Å². The zero-order valence-electron chi connectivity index (χ0n) is 13.0. The fourth-order valence-electron chi connectivity index (χ4n) is 3.53. The van der Waals surface area contributed by atoms with E-state index in [1.54, 1.807) is 0 Å². The lowest BCUT2D eigenvalue weighted by molar-refractivity contribution is -0.252. The standard InChI is InChI=1S/C10H17N7O8S/c11-7-15-6-3(1-5(18)24-13)14-8(12)17-2-4(25-26(21,22)23)10(19,20)9(6,17)16-7/h3-4,6,19-20H,1-2,13H2,(H2,12,14)(H3,11,15,16)(H,21,22,23)/t3-,4-,6-,9?/m0/s1. The molecule has 10 N–H and O–H groups in total. The topological polar surface area (TPSA) is 248 Å². The van der Waals surface area contributed by atoms with Gasteiger partial charge in [-0.25, -0.2) is 14.2 Å². The van der Waals surface area contributed by atoms with Crippen molar-refractivity contribution < 1.29 is 37.0 Å². The van der Waals surface area contributed by atoms with Crippen molar-refractivity contribution in [2.45, 2.75) is 36.1 Å². The first-order valence-electron chi connectivity index (χ1n) is 7.14. The van der Waals surface area contributed by atoms with Crippen LogP contribution in [0.2, 0.25) is 0 Å². The average Bonchev–Trinajstić information content (AvgIpc) is 2.96. The second-order valence-corrected chi connectivity index (χ2v) is 7.00. The summed E-state index contributed by atoms with van der Waals surface area (Å²) in [4.78, 5) is 24.8. The molecule has 0 saturated carbocycles. The molecule has 15 nitrogen and oxygen atoms in total. The minimum Gasteiger partial charge on any atom is -0.373 e. The summed E-state index contributed by atoms with van der Waals surface area (Å²) >= 11 is 0. The van der Waals surface area contributed by atoms with E-state index in [1.807, 2.05) is 0 Å². The molecule has 0 aromatic carbocycles. The van der Waals surface area contributed by atoms with Crippen molar-refractivity contribution in [1.29, 1.82) is 0 Å². The Morgan fingerprint density at radius 3 is 2.62 bits per heavy atom. The molecule has 4 atom stereocenters. The number of carbonyl (C=O) groups is 1. The lowest BCUT2D eigenvalue weighted by Crippen LogP contribution is -2.77. The van der Waals surface area contributed by atoms with Crippen LogP contribution in [0.5, 0.6) is 0 Å². The number of nitrogens with one attached hydrogen (secondary N) is 1. The summed E-state index contributed by atoms with van der Waals surface area (Å²) < 4.78 is 35.4. The lowest BCUT2D eigenvalue weighted by atomic mass is 9.84. The summed E-state index contributed by atoms with van der Waals surface area (Å²) in [5.41, 5.74) is 9.50. The first kappa shape index (κ1) is 18.5. The smallest absolute Gasteiger partial charge is 0.373 e. The van der Waals surface area contributed by atoms with Crippen LogP contribution in [0, 0.1) is 0 Å². The molecule has 1 fully saturated rings. The number of rotatable bonds is 4. The molecule has 1 saturated heterocycles. The van der Waals surface area contributed by atoms with Crippen LogP contribution >= 0.6 is 0 Å². The third-order valence-corrected chi connectivity index (χ3v) is 4.97. The Kier molecular flexibility index (Phi) is 4.01. The van der Waals surface area contributed by atoms with E-state index in [2.05, 4.69) is 24.3 Å². The van der Waals surface area contributed by atoms with Gasteiger partial charge in [0, 0.05) is 0 Å². The van der Waals surface area contributed by atoms with Gasteiger partial charge < -0.3 is 36.7 Å². The van der Waals surface area contributed by atoms with Crippen molar-refractivity contribution in [3.63, 3.8) is 0 Å². The molecule has 3 aliphatic heterocycles. The number of hydrogen-bond acceptors (Lipinski definition) is 14. The van der Waals surface area contributed by atoms with Crippen molar-refractivity contribution in [3.8, 4) is 0 Å². The third kappa shape index (κ3) is 2.54. The second-order valence-electron chi connectivity index (χ2n) is 5.95. The SMILES string of the molecule is NOC(=O)C[C@@H]1N=C(N)N2C[C@H](OS(=O)(=O)O)C(O)(O)C23NC(N)=N[C@@H]13. The number of aliphatic hydroxyl groups is 2. The first-order chi connectivity index (χ1) is 11.9. The zero-order valence-corrected chi connectivity index (χ0v) is 13.8. The minimum absolute atomic E-state index is 0.240. The molecule has 0 aliphatic carbocycles. The van der Waals surface area contributed by atoms with Gasteiger partial charge >= 0.3 is 16.4 Å². The predicted octanol–water partition coefficient (Wildman–Crippen LogP) is -5.34. The Hall–Kier alpha value is -2.24. The molecule has 1 spiro atoms. The van der Waals surface area contributed by atoms with Gasteiger partial charge in [-0.2, -0.15) is 14.3 Å². The second kappa shape index (κ2) is 5.63. The van der Waals surface area contributed by atoms with Crippen molar-refractivity contribution in [3.05, 3.63) is 0 Å². The maximum absolute atomic E-state index is 11.5. The molecule has 0 aromatic rings. The quantitative estimate of drug-likeness (QED) is 0.133. The highest BCUT2D eigenvalue weighted by molar-refractivity contribution is 7.80. The molecule has 26 heavy (non-hydrogen) atoms. The summed E-state index contributed by atoms with van der Waals surface area (Å²) in [6, 6.07) is -2.25. The molecule has 16 heteroatoms. The molecule has 0 radical (unpaired) electrons. The highest BCUT2D eigenvalue weighted by atomic mass is 32.3. The summed E-state index contributed by atoms with van der Waals surface area (Å²) in [6.45, 7) is -0.498. The highest BCUT2D eigenvalue weighted by Crippen LogP contribution is 2.46. The van der Waals surface area contributed by atoms with Gasteiger partial charge in [-0.15, -0.1) is 0 Å². The number of guanidine groups is 2. The maximum Gasteiger partial charge on any atom is 0.397 e. The van der Waals surface area contributed by atoms with Crippen LogP contribution in [0.15, 0.2) is 9.98 Å². The van der Waals surface area contributed by atoms with E-state index < -0.39 is 59.0 Å². The predicted molar refractivity (Wildman–Crippen MR) is 81.9 cm³/mol. The largest absolute Gasteiger partial charge is 0.397 e. The fraction of sp³-hybridized carbons (Fsp3) is 0.700. The van der Waals surface area contributed by atoms with Crippen LogP contribution in [0.4, 0.5) is 0 Å². The van der Waals surface area contributed by atoms with E-state index >= 15 is 0 Å². The monoisotopic (exact) mass is 395 g/mol.